The van der Waals surface area contributed by atoms with Crippen LogP contribution in [0.5, 0.6) is 11.5 Å². The van der Waals surface area contributed by atoms with Crippen molar-refractivity contribution in [2.75, 3.05) is 5.08 Å². The highest BCUT2D eigenvalue weighted by Gasteiger charge is 2.36. The molecule has 2 aromatic rings. The quantitative estimate of drug-likeness (QED) is 0.681. The number of para-hydroxylation sites is 2. The highest BCUT2D eigenvalue weighted by molar-refractivity contribution is 8.04. The Kier molecular flexibility index (Phi) is 5.52. The van der Waals surface area contributed by atoms with E-state index in [1.807, 2.05) is 0 Å². The van der Waals surface area contributed by atoms with Crippen LogP contribution in [0.4, 0.5) is 13.2 Å². The highest BCUT2D eigenvalue weighted by Crippen LogP contribution is 2.36. The van der Waals surface area contributed by atoms with Gasteiger partial charge in [0.05, 0.1) is 5.56 Å². The van der Waals surface area contributed by atoms with Gasteiger partial charge >= 0.3 is 26.4 Å². The number of hydrogen-bond donors (Lipinski definition) is 0. The summed E-state index contributed by atoms with van der Waals surface area (Å²) in [7, 11) is -9.60. The normalized spacial score (nSPS) is 12.6. The van der Waals surface area contributed by atoms with E-state index < -0.39 is 42.8 Å². The lowest BCUT2D eigenvalue weighted by Gasteiger charge is -2.14. The molecule has 0 amide bonds. The van der Waals surface area contributed by atoms with Gasteiger partial charge in [0.15, 0.2) is 5.75 Å². The van der Waals surface area contributed by atoms with Crippen molar-refractivity contribution in [3.63, 3.8) is 0 Å². The van der Waals surface area contributed by atoms with Gasteiger partial charge in [-0.15, -0.1) is 0 Å². The summed E-state index contributed by atoms with van der Waals surface area (Å²) in [5, 5.41) is -1.65. The molecule has 0 aromatic heterocycles. The smallest absolute Gasteiger partial charge is 0.381 e. The molecule has 142 valence electrons. The summed E-state index contributed by atoms with van der Waals surface area (Å²) in [6, 6.07) is 9.48. The van der Waals surface area contributed by atoms with Crippen LogP contribution in [0.15, 0.2) is 48.5 Å². The standard InChI is InChI=1S/C15H13F3O6S2/c1-11-6-2-4-8-13(11)23-25(19,20)10-26(21,22)24-14-9-5-3-7-12(14)15(16,17)18/h2-9H,10H2,1H3. The largest absolute Gasteiger partial charge is 0.420 e. The fourth-order valence-corrected chi connectivity index (χ4v) is 4.60. The lowest BCUT2D eigenvalue weighted by atomic mass is 10.2. The molecule has 0 saturated carbocycles. The molecule has 0 fully saturated rings. The Morgan fingerprint density at radius 3 is 1.81 bits per heavy atom. The van der Waals surface area contributed by atoms with Crippen LogP contribution >= 0.6 is 0 Å². The Morgan fingerprint density at radius 2 is 1.27 bits per heavy atom. The molecule has 0 aliphatic carbocycles. The maximum atomic E-state index is 12.9. The minimum absolute atomic E-state index is 0.0987. The lowest BCUT2D eigenvalue weighted by Crippen LogP contribution is -2.25. The molecule has 6 nitrogen and oxygen atoms in total. The van der Waals surface area contributed by atoms with E-state index >= 15 is 0 Å². The first-order valence-corrected chi connectivity index (χ1v) is 10.1. The molecule has 0 saturated heterocycles. The molecule has 2 rings (SSSR count). The number of alkyl halides is 3. The van der Waals surface area contributed by atoms with Crippen molar-refractivity contribution in [1.29, 1.82) is 0 Å². The van der Waals surface area contributed by atoms with Crippen molar-refractivity contribution in [3.8, 4) is 11.5 Å². The van der Waals surface area contributed by atoms with Crippen LogP contribution in [0.3, 0.4) is 0 Å². The second-order valence-corrected chi connectivity index (χ2v) is 8.67. The number of rotatable bonds is 6. The zero-order valence-electron chi connectivity index (χ0n) is 13.2. The summed E-state index contributed by atoms with van der Waals surface area (Å²) in [6.45, 7) is 1.54. The van der Waals surface area contributed by atoms with Crippen LogP contribution in [0.2, 0.25) is 0 Å². The molecule has 11 heteroatoms. The molecule has 26 heavy (non-hydrogen) atoms. The fraction of sp³-hybridized carbons (Fsp3) is 0.200. The molecule has 0 radical (unpaired) electrons. The van der Waals surface area contributed by atoms with Crippen LogP contribution in [0, 0.1) is 6.92 Å². The minimum atomic E-state index is -4.92. The highest BCUT2D eigenvalue weighted by atomic mass is 32.3. The second kappa shape index (κ2) is 7.16. The van der Waals surface area contributed by atoms with E-state index in [4.69, 9.17) is 4.18 Å². The SMILES string of the molecule is Cc1ccccc1OS(=O)(=O)CS(=O)(=O)Oc1ccccc1C(F)(F)F. The summed E-state index contributed by atoms with van der Waals surface area (Å²) in [4.78, 5) is 0. The molecule has 0 N–H and O–H groups in total. The Bertz CT molecular complexity index is 998. The van der Waals surface area contributed by atoms with Gasteiger partial charge in [-0.25, -0.2) is 0 Å². The van der Waals surface area contributed by atoms with Gasteiger partial charge in [-0.05, 0) is 30.7 Å². The number of hydrogen-bond acceptors (Lipinski definition) is 6. The average molecular weight is 410 g/mol. The van der Waals surface area contributed by atoms with E-state index in [0.29, 0.717) is 11.6 Å². The van der Waals surface area contributed by atoms with Crippen LogP contribution in [-0.2, 0) is 26.4 Å². The molecular weight excluding hydrogens is 397 g/mol. The first-order valence-electron chi connectivity index (χ1n) is 6.96. The van der Waals surface area contributed by atoms with Crippen LogP contribution < -0.4 is 8.37 Å². The molecule has 2 aromatic carbocycles. The monoisotopic (exact) mass is 410 g/mol. The van der Waals surface area contributed by atoms with Gasteiger partial charge in [0.1, 0.15) is 5.75 Å². The van der Waals surface area contributed by atoms with Gasteiger partial charge in [-0.3, -0.25) is 0 Å². The molecule has 0 aliphatic rings. The number of halogens is 3. The predicted octanol–water partition coefficient (Wildman–Crippen LogP) is 3.09. The third kappa shape index (κ3) is 5.36. The van der Waals surface area contributed by atoms with Crippen molar-refractivity contribution >= 4 is 20.2 Å². The van der Waals surface area contributed by atoms with E-state index in [0.717, 1.165) is 18.2 Å². The molecule has 0 bridgehead atoms. The molecular formula is C15H13F3O6S2. The molecule has 0 spiro atoms. The van der Waals surface area contributed by atoms with E-state index in [1.54, 1.807) is 6.07 Å². The predicted molar refractivity (Wildman–Crippen MR) is 86.6 cm³/mol. The first-order chi connectivity index (χ1) is 11.9. The Labute approximate surface area is 148 Å². The molecule has 0 heterocycles. The zero-order chi connectivity index (χ0) is 19.6. The summed E-state index contributed by atoms with van der Waals surface area (Å²) in [6.07, 6.45) is -4.87. The topological polar surface area (TPSA) is 86.7 Å². The van der Waals surface area contributed by atoms with Gasteiger partial charge in [-0.1, -0.05) is 30.3 Å². The summed E-state index contributed by atoms with van der Waals surface area (Å²) < 4.78 is 95.4. The Balaban J connectivity index is 2.23. The van der Waals surface area contributed by atoms with Gasteiger partial charge < -0.3 is 8.37 Å². The van der Waals surface area contributed by atoms with Crippen molar-refractivity contribution in [3.05, 3.63) is 59.7 Å². The summed E-state index contributed by atoms with van der Waals surface area (Å²) >= 11 is 0. The van der Waals surface area contributed by atoms with Crippen molar-refractivity contribution in [2.45, 2.75) is 13.1 Å². The van der Waals surface area contributed by atoms with E-state index in [1.165, 1.54) is 25.1 Å². The fourth-order valence-electron chi connectivity index (χ4n) is 1.92. The minimum Gasteiger partial charge on any atom is -0.381 e. The van der Waals surface area contributed by atoms with Crippen molar-refractivity contribution < 1.29 is 38.4 Å². The molecule has 0 unspecified atom stereocenters. The third-order valence-corrected chi connectivity index (χ3v) is 6.18. The Morgan fingerprint density at radius 1 is 0.808 bits per heavy atom. The summed E-state index contributed by atoms with van der Waals surface area (Å²) in [5.41, 5.74) is -0.919. The molecule has 0 aliphatic heterocycles. The maximum absolute atomic E-state index is 12.9. The third-order valence-electron chi connectivity index (χ3n) is 3.01. The van der Waals surface area contributed by atoms with Gasteiger partial charge in [-0.2, -0.15) is 30.0 Å². The van der Waals surface area contributed by atoms with Gasteiger partial charge in [0.25, 0.3) is 0 Å². The maximum Gasteiger partial charge on any atom is 0.420 e. The zero-order valence-corrected chi connectivity index (χ0v) is 14.9. The van der Waals surface area contributed by atoms with Gasteiger partial charge in [0, 0.05) is 0 Å². The number of aryl methyl sites for hydroxylation is 1. The molecule has 0 atom stereocenters. The first kappa shape index (κ1) is 20.0. The van der Waals surface area contributed by atoms with Crippen LogP contribution in [-0.4, -0.2) is 21.9 Å². The van der Waals surface area contributed by atoms with Gasteiger partial charge in [0.2, 0.25) is 5.08 Å². The lowest BCUT2D eigenvalue weighted by molar-refractivity contribution is -0.138. The van der Waals surface area contributed by atoms with E-state index in [9.17, 15) is 30.0 Å². The average Bonchev–Trinajstić information content (AvgIpc) is 2.47. The van der Waals surface area contributed by atoms with Crippen LogP contribution in [0.25, 0.3) is 0 Å². The number of benzene rings is 2. The van der Waals surface area contributed by atoms with E-state index in [-0.39, 0.29) is 5.75 Å². The Hall–Kier alpha value is -2.27. The van der Waals surface area contributed by atoms with Crippen LogP contribution in [0.1, 0.15) is 11.1 Å². The van der Waals surface area contributed by atoms with Crippen molar-refractivity contribution in [1.82, 2.24) is 0 Å². The second-order valence-electron chi connectivity index (χ2n) is 5.16. The van der Waals surface area contributed by atoms with E-state index in [2.05, 4.69) is 4.18 Å². The summed E-state index contributed by atoms with van der Waals surface area (Å²) in [5.74, 6) is -1.12. The van der Waals surface area contributed by atoms with Crippen molar-refractivity contribution in [2.24, 2.45) is 0 Å².